The SMILES string of the molecule is Cc1ccc(NS(C)(=O)=O)c(C(=O)Nc2cnn(C(C)(C)C(=O)O)c2)c1. The monoisotopic (exact) mass is 380 g/mol. The van der Waals surface area contributed by atoms with Gasteiger partial charge in [-0.2, -0.15) is 5.10 Å². The molecule has 0 atom stereocenters. The maximum atomic E-state index is 12.6. The van der Waals surface area contributed by atoms with E-state index in [9.17, 15) is 23.1 Å². The number of rotatable bonds is 6. The highest BCUT2D eigenvalue weighted by atomic mass is 32.2. The average Bonchev–Trinajstić information content (AvgIpc) is 2.96. The molecule has 140 valence electrons. The highest BCUT2D eigenvalue weighted by Crippen LogP contribution is 2.22. The average molecular weight is 380 g/mol. The number of aromatic nitrogens is 2. The number of aliphatic carboxylic acids is 1. The Labute approximate surface area is 151 Å². The lowest BCUT2D eigenvalue weighted by atomic mass is 10.1. The minimum absolute atomic E-state index is 0.140. The molecule has 0 unspecified atom stereocenters. The summed E-state index contributed by atoms with van der Waals surface area (Å²) < 4.78 is 26.5. The molecule has 0 aliphatic carbocycles. The van der Waals surface area contributed by atoms with Gasteiger partial charge in [-0.25, -0.2) is 13.2 Å². The number of nitrogens with one attached hydrogen (secondary N) is 2. The maximum absolute atomic E-state index is 12.6. The molecule has 1 amide bonds. The lowest BCUT2D eigenvalue weighted by Gasteiger charge is -2.19. The Morgan fingerprint density at radius 2 is 1.92 bits per heavy atom. The minimum Gasteiger partial charge on any atom is -0.479 e. The van der Waals surface area contributed by atoms with Crippen LogP contribution in [0.2, 0.25) is 0 Å². The fraction of sp³-hybridized carbons (Fsp3) is 0.312. The highest BCUT2D eigenvalue weighted by molar-refractivity contribution is 7.92. The van der Waals surface area contributed by atoms with Gasteiger partial charge in [0.15, 0.2) is 5.54 Å². The number of sulfonamides is 1. The fourth-order valence-electron chi connectivity index (χ4n) is 2.12. The number of carbonyl (C=O) groups excluding carboxylic acids is 1. The molecule has 0 saturated heterocycles. The topological polar surface area (TPSA) is 130 Å². The summed E-state index contributed by atoms with van der Waals surface area (Å²) in [5.41, 5.74) is 0.0672. The van der Waals surface area contributed by atoms with Crippen LogP contribution in [0.5, 0.6) is 0 Å². The summed E-state index contributed by atoms with van der Waals surface area (Å²) in [5, 5.41) is 15.8. The van der Waals surface area contributed by atoms with Crippen molar-refractivity contribution < 1.29 is 23.1 Å². The van der Waals surface area contributed by atoms with Crippen LogP contribution in [-0.2, 0) is 20.4 Å². The van der Waals surface area contributed by atoms with E-state index >= 15 is 0 Å². The largest absolute Gasteiger partial charge is 0.479 e. The molecular formula is C16H20N4O5S. The van der Waals surface area contributed by atoms with Gasteiger partial charge in [-0.05, 0) is 32.9 Å². The predicted octanol–water partition coefficient (Wildman–Crippen LogP) is 1.64. The Morgan fingerprint density at radius 1 is 1.27 bits per heavy atom. The van der Waals surface area contributed by atoms with Crippen LogP contribution in [-0.4, -0.2) is 41.4 Å². The van der Waals surface area contributed by atoms with Crippen LogP contribution in [0.25, 0.3) is 0 Å². The smallest absolute Gasteiger partial charge is 0.331 e. The molecule has 0 spiro atoms. The molecule has 9 nitrogen and oxygen atoms in total. The number of nitrogens with zero attached hydrogens (tertiary/aromatic N) is 2. The van der Waals surface area contributed by atoms with Crippen molar-refractivity contribution in [2.24, 2.45) is 0 Å². The lowest BCUT2D eigenvalue weighted by Crippen LogP contribution is -2.35. The van der Waals surface area contributed by atoms with E-state index in [0.29, 0.717) is 0 Å². The van der Waals surface area contributed by atoms with E-state index in [0.717, 1.165) is 11.8 Å². The van der Waals surface area contributed by atoms with Crippen molar-refractivity contribution in [2.45, 2.75) is 26.3 Å². The third kappa shape index (κ3) is 4.39. The third-order valence-electron chi connectivity index (χ3n) is 3.65. The van der Waals surface area contributed by atoms with Crippen LogP contribution >= 0.6 is 0 Å². The number of hydrogen-bond donors (Lipinski definition) is 3. The van der Waals surface area contributed by atoms with E-state index in [-0.39, 0.29) is 16.9 Å². The van der Waals surface area contributed by atoms with Gasteiger partial charge in [-0.15, -0.1) is 0 Å². The number of carboxylic acid groups (broad SMARTS) is 1. The molecule has 0 aliphatic rings. The molecule has 26 heavy (non-hydrogen) atoms. The number of carbonyl (C=O) groups is 2. The zero-order valence-corrected chi connectivity index (χ0v) is 15.6. The van der Waals surface area contributed by atoms with Gasteiger partial charge < -0.3 is 10.4 Å². The predicted molar refractivity (Wildman–Crippen MR) is 96.8 cm³/mol. The normalized spacial score (nSPS) is 11.8. The lowest BCUT2D eigenvalue weighted by molar-refractivity contribution is -0.146. The second-order valence-corrected chi connectivity index (χ2v) is 8.16. The van der Waals surface area contributed by atoms with Crippen LogP contribution in [0.1, 0.15) is 29.8 Å². The second-order valence-electron chi connectivity index (χ2n) is 6.42. The van der Waals surface area contributed by atoms with Crippen molar-refractivity contribution in [1.29, 1.82) is 0 Å². The summed E-state index contributed by atoms with van der Waals surface area (Å²) in [6.07, 6.45) is 3.71. The van der Waals surface area contributed by atoms with Crippen molar-refractivity contribution in [3.8, 4) is 0 Å². The Bertz CT molecular complexity index is 963. The number of anilines is 2. The van der Waals surface area contributed by atoms with E-state index in [1.807, 2.05) is 0 Å². The molecule has 0 radical (unpaired) electrons. The van der Waals surface area contributed by atoms with Crippen molar-refractivity contribution in [1.82, 2.24) is 9.78 Å². The highest BCUT2D eigenvalue weighted by Gasteiger charge is 2.30. The van der Waals surface area contributed by atoms with Gasteiger partial charge in [-0.1, -0.05) is 11.6 Å². The third-order valence-corrected chi connectivity index (χ3v) is 4.24. The first-order valence-electron chi connectivity index (χ1n) is 7.58. The standard InChI is InChI=1S/C16H20N4O5S/c1-10-5-6-13(19-26(4,24)25)12(7-10)14(21)18-11-8-17-20(9-11)16(2,3)15(22)23/h5-9,19H,1-4H3,(H,18,21)(H,22,23). The summed E-state index contributed by atoms with van der Waals surface area (Å²) in [5.74, 6) is -1.62. The minimum atomic E-state index is -3.56. The van der Waals surface area contributed by atoms with Crippen molar-refractivity contribution in [3.05, 3.63) is 41.7 Å². The Hall–Kier alpha value is -2.88. The van der Waals surface area contributed by atoms with Gasteiger partial charge in [0.2, 0.25) is 10.0 Å². The molecule has 0 bridgehead atoms. The molecule has 3 N–H and O–H groups in total. The number of carboxylic acids is 1. The quantitative estimate of drug-likeness (QED) is 0.698. The summed E-state index contributed by atoms with van der Waals surface area (Å²) in [6, 6.07) is 4.73. The van der Waals surface area contributed by atoms with Crippen LogP contribution in [0, 0.1) is 6.92 Å². The first kappa shape index (κ1) is 19.4. The molecule has 0 saturated carbocycles. The second kappa shape index (κ2) is 6.79. The van der Waals surface area contributed by atoms with Crippen LogP contribution in [0.4, 0.5) is 11.4 Å². The van der Waals surface area contributed by atoms with Gasteiger partial charge in [0, 0.05) is 6.20 Å². The molecule has 2 aromatic rings. The zero-order chi connectivity index (χ0) is 19.7. The van der Waals surface area contributed by atoms with Crippen molar-refractivity contribution >= 4 is 33.3 Å². The van der Waals surface area contributed by atoms with Gasteiger partial charge in [-0.3, -0.25) is 14.2 Å². The Kier molecular flexibility index (Phi) is 5.08. The molecular weight excluding hydrogens is 360 g/mol. The van der Waals surface area contributed by atoms with Crippen LogP contribution in [0.15, 0.2) is 30.6 Å². The van der Waals surface area contributed by atoms with Crippen LogP contribution < -0.4 is 10.0 Å². The summed E-state index contributed by atoms with van der Waals surface area (Å²) in [4.78, 5) is 23.8. The summed E-state index contributed by atoms with van der Waals surface area (Å²) in [7, 11) is -3.56. The number of amides is 1. The van der Waals surface area contributed by atoms with Crippen molar-refractivity contribution in [3.63, 3.8) is 0 Å². The van der Waals surface area contributed by atoms with E-state index < -0.39 is 27.4 Å². The molecule has 1 aromatic carbocycles. The van der Waals surface area contributed by atoms with Gasteiger partial charge in [0.25, 0.3) is 5.91 Å². The van der Waals surface area contributed by atoms with E-state index in [1.54, 1.807) is 19.1 Å². The molecule has 0 fully saturated rings. The van der Waals surface area contributed by atoms with Gasteiger partial charge in [0.05, 0.1) is 29.4 Å². The molecule has 2 rings (SSSR count). The first-order chi connectivity index (χ1) is 11.9. The number of benzene rings is 1. The van der Waals surface area contributed by atoms with Crippen molar-refractivity contribution in [2.75, 3.05) is 16.3 Å². The maximum Gasteiger partial charge on any atom is 0.331 e. The molecule has 1 aromatic heterocycles. The van der Waals surface area contributed by atoms with Gasteiger partial charge >= 0.3 is 5.97 Å². The van der Waals surface area contributed by atoms with Gasteiger partial charge in [0.1, 0.15) is 0 Å². The Balaban J connectivity index is 2.30. The molecule has 10 heteroatoms. The molecule has 1 heterocycles. The summed E-state index contributed by atoms with van der Waals surface area (Å²) in [6.45, 7) is 4.72. The Morgan fingerprint density at radius 3 is 2.50 bits per heavy atom. The van der Waals surface area contributed by atoms with Crippen LogP contribution in [0.3, 0.4) is 0 Å². The zero-order valence-electron chi connectivity index (χ0n) is 14.8. The number of hydrogen-bond acceptors (Lipinski definition) is 5. The fourth-order valence-corrected chi connectivity index (χ4v) is 2.70. The summed E-state index contributed by atoms with van der Waals surface area (Å²) >= 11 is 0. The van der Waals surface area contributed by atoms with E-state index in [4.69, 9.17) is 0 Å². The van der Waals surface area contributed by atoms with E-state index in [1.165, 1.54) is 37.0 Å². The van der Waals surface area contributed by atoms with E-state index in [2.05, 4.69) is 15.1 Å². The first-order valence-corrected chi connectivity index (χ1v) is 9.47. The number of aryl methyl sites for hydroxylation is 1. The molecule has 0 aliphatic heterocycles.